The maximum Gasteiger partial charge on any atom is 0.414 e. The Kier molecular flexibility index (Phi) is 10.6. The van der Waals surface area contributed by atoms with Gasteiger partial charge >= 0.3 is 11.9 Å². The van der Waals surface area contributed by atoms with Gasteiger partial charge in [0.05, 0.1) is 17.9 Å². The number of piperidine rings is 1. The summed E-state index contributed by atoms with van der Waals surface area (Å²) in [5, 5.41) is 14.8. The van der Waals surface area contributed by atoms with Crippen LogP contribution in [-0.4, -0.2) is 81.1 Å². The fraction of sp³-hybridized carbons (Fsp3) is 0.444. The number of methoxy groups -OCH3 is 1. The highest BCUT2D eigenvalue weighted by Gasteiger charge is 2.25. The highest BCUT2D eigenvalue weighted by atomic mass is 32.2. The van der Waals surface area contributed by atoms with E-state index < -0.39 is 22.7 Å². The summed E-state index contributed by atoms with van der Waals surface area (Å²) in [6, 6.07) is 16.4. The number of hydrogen-bond donors (Lipinski definition) is 2. The van der Waals surface area contributed by atoms with Crippen molar-refractivity contribution in [3.63, 3.8) is 0 Å². The minimum Gasteiger partial charge on any atom is -0.497 e. The number of rotatable bonds is 6. The third kappa shape index (κ3) is 8.68. The quantitative estimate of drug-likeness (QED) is 0.547. The molecule has 10 heteroatoms. The Bertz CT molecular complexity index is 1090. The lowest BCUT2D eigenvalue weighted by atomic mass is 9.90. The summed E-state index contributed by atoms with van der Waals surface area (Å²) < 4.78 is 17.9. The van der Waals surface area contributed by atoms with Crippen molar-refractivity contribution in [2.75, 3.05) is 39.0 Å². The molecule has 0 spiro atoms. The highest BCUT2D eigenvalue weighted by molar-refractivity contribution is 7.85. The first kappa shape index (κ1) is 28.3. The van der Waals surface area contributed by atoms with Crippen molar-refractivity contribution in [2.24, 2.45) is 5.92 Å². The summed E-state index contributed by atoms with van der Waals surface area (Å²) in [4.78, 5) is 36.3. The van der Waals surface area contributed by atoms with E-state index in [9.17, 15) is 9.00 Å². The van der Waals surface area contributed by atoms with E-state index in [4.69, 9.17) is 24.5 Å². The summed E-state index contributed by atoms with van der Waals surface area (Å²) in [7, 11) is 0.557. The lowest BCUT2D eigenvalue weighted by Crippen LogP contribution is -2.38. The van der Waals surface area contributed by atoms with Crippen LogP contribution in [0.1, 0.15) is 30.4 Å². The molecule has 2 aliphatic rings. The number of benzene rings is 2. The van der Waals surface area contributed by atoms with Gasteiger partial charge in [-0.1, -0.05) is 30.3 Å². The van der Waals surface area contributed by atoms with E-state index in [0.717, 1.165) is 48.2 Å². The van der Waals surface area contributed by atoms with E-state index in [1.165, 1.54) is 18.4 Å². The molecule has 1 amide bonds. The van der Waals surface area contributed by atoms with Crippen LogP contribution in [0.5, 0.6) is 5.75 Å². The van der Waals surface area contributed by atoms with Crippen molar-refractivity contribution in [1.29, 1.82) is 0 Å². The fourth-order valence-electron chi connectivity index (χ4n) is 4.60. The summed E-state index contributed by atoms with van der Waals surface area (Å²) >= 11 is 0. The second-order valence-electron chi connectivity index (χ2n) is 9.17. The van der Waals surface area contributed by atoms with Crippen LogP contribution in [0.4, 0.5) is 0 Å². The normalized spacial score (nSPS) is 18.1. The number of carbonyl (C=O) groups is 3. The van der Waals surface area contributed by atoms with E-state index in [1.807, 2.05) is 23.1 Å². The van der Waals surface area contributed by atoms with Gasteiger partial charge in [0.15, 0.2) is 0 Å². The molecule has 1 saturated heterocycles. The van der Waals surface area contributed by atoms with Crippen molar-refractivity contribution in [3.8, 4) is 5.75 Å². The Labute approximate surface area is 219 Å². The molecule has 2 aromatic carbocycles. The number of likely N-dealkylation sites (tertiary alicyclic amines) is 1. The molecule has 2 N–H and O–H groups in total. The molecule has 0 saturated carbocycles. The van der Waals surface area contributed by atoms with Gasteiger partial charge in [0.25, 0.3) is 0 Å². The van der Waals surface area contributed by atoms with Gasteiger partial charge in [-0.25, -0.2) is 9.59 Å². The zero-order valence-corrected chi connectivity index (χ0v) is 21.8. The van der Waals surface area contributed by atoms with Gasteiger partial charge in [-0.05, 0) is 67.6 Å². The summed E-state index contributed by atoms with van der Waals surface area (Å²) in [5.41, 5.74) is 2.36. The van der Waals surface area contributed by atoms with Crippen LogP contribution in [0.15, 0.2) is 53.4 Å². The molecule has 0 aliphatic carbocycles. The molecule has 1 atom stereocenters. The topological polar surface area (TPSA) is 124 Å². The monoisotopic (exact) mass is 530 g/mol. The number of aliphatic carboxylic acids is 2. The molecule has 2 aliphatic heterocycles. The second kappa shape index (κ2) is 13.9. The minimum atomic E-state index is -1.82. The first-order valence-corrected chi connectivity index (χ1v) is 13.6. The van der Waals surface area contributed by atoms with Crippen LogP contribution in [0.2, 0.25) is 0 Å². The molecule has 0 radical (unpaired) electrons. The summed E-state index contributed by atoms with van der Waals surface area (Å²) in [5.74, 6) is -1.52. The Morgan fingerprint density at radius 3 is 2.30 bits per heavy atom. The largest absolute Gasteiger partial charge is 0.497 e. The van der Waals surface area contributed by atoms with Gasteiger partial charge < -0.3 is 24.7 Å². The summed E-state index contributed by atoms with van der Waals surface area (Å²) in [6.45, 7) is 3.99. The number of ether oxygens (including phenoxy) is 1. The van der Waals surface area contributed by atoms with Crippen LogP contribution < -0.4 is 4.74 Å². The van der Waals surface area contributed by atoms with Gasteiger partial charge in [-0.3, -0.25) is 9.00 Å². The molecule has 200 valence electrons. The van der Waals surface area contributed by atoms with Gasteiger partial charge in [-0.15, -0.1) is 0 Å². The molecule has 2 heterocycles. The number of carboxylic acids is 2. The predicted molar refractivity (Wildman–Crippen MR) is 139 cm³/mol. The van der Waals surface area contributed by atoms with Crippen LogP contribution in [0.25, 0.3) is 0 Å². The maximum absolute atomic E-state index is 12.9. The first-order chi connectivity index (χ1) is 17.8. The van der Waals surface area contributed by atoms with Crippen molar-refractivity contribution in [1.82, 2.24) is 9.80 Å². The van der Waals surface area contributed by atoms with Crippen molar-refractivity contribution in [3.05, 3.63) is 59.7 Å². The van der Waals surface area contributed by atoms with Gasteiger partial charge in [0, 0.05) is 36.7 Å². The number of nitrogens with zero attached hydrogens (tertiary/aromatic N) is 2. The van der Waals surface area contributed by atoms with Crippen LogP contribution in [-0.2, 0) is 38.1 Å². The van der Waals surface area contributed by atoms with E-state index in [2.05, 4.69) is 35.2 Å². The lowest BCUT2D eigenvalue weighted by Gasteiger charge is -2.32. The molecule has 9 nitrogen and oxygen atoms in total. The minimum absolute atomic E-state index is 0.152. The Morgan fingerprint density at radius 1 is 1.00 bits per heavy atom. The molecule has 1 unspecified atom stereocenters. The zero-order chi connectivity index (χ0) is 26.8. The van der Waals surface area contributed by atoms with E-state index >= 15 is 0 Å². The third-order valence-electron chi connectivity index (χ3n) is 6.67. The molecule has 37 heavy (non-hydrogen) atoms. The Morgan fingerprint density at radius 2 is 1.68 bits per heavy atom. The number of amides is 1. The molecule has 2 aromatic rings. The van der Waals surface area contributed by atoms with Gasteiger partial charge in [-0.2, -0.15) is 0 Å². The fourth-order valence-corrected chi connectivity index (χ4v) is 5.84. The van der Waals surface area contributed by atoms with Crippen molar-refractivity contribution in [2.45, 2.75) is 37.1 Å². The molecule has 4 rings (SSSR count). The SMILES string of the molecule is COc1ccc2c(c1)CN(C(=O)CCN1CCC(Cc3ccccc3)CC1)CCS2=O.O=C(O)C(=O)O. The van der Waals surface area contributed by atoms with Crippen molar-refractivity contribution >= 4 is 28.6 Å². The smallest absolute Gasteiger partial charge is 0.414 e. The lowest BCUT2D eigenvalue weighted by molar-refractivity contribution is -0.159. The maximum atomic E-state index is 12.9. The molecular formula is C27H34N2O7S. The molecular weight excluding hydrogens is 496 g/mol. The Balaban J connectivity index is 0.000000568. The van der Waals surface area contributed by atoms with Crippen LogP contribution >= 0.6 is 0 Å². The number of fused-ring (bicyclic) bond motifs is 1. The van der Waals surface area contributed by atoms with E-state index in [0.29, 0.717) is 25.3 Å². The van der Waals surface area contributed by atoms with Crippen molar-refractivity contribution < 1.29 is 33.5 Å². The number of hydrogen-bond acceptors (Lipinski definition) is 6. The average molecular weight is 531 g/mol. The second-order valence-corrected chi connectivity index (χ2v) is 10.7. The zero-order valence-electron chi connectivity index (χ0n) is 21.0. The summed E-state index contributed by atoms with van der Waals surface area (Å²) in [6.07, 6.45) is 4.06. The van der Waals surface area contributed by atoms with Crippen LogP contribution in [0, 0.1) is 5.92 Å². The predicted octanol–water partition coefficient (Wildman–Crippen LogP) is 2.65. The first-order valence-electron chi connectivity index (χ1n) is 12.3. The number of carbonyl (C=O) groups excluding carboxylic acids is 1. The van der Waals surface area contributed by atoms with E-state index in [-0.39, 0.29) is 5.91 Å². The van der Waals surface area contributed by atoms with E-state index in [1.54, 1.807) is 7.11 Å². The molecule has 0 aromatic heterocycles. The highest BCUT2D eigenvalue weighted by Crippen LogP contribution is 2.26. The standard InChI is InChI=1S/C25H32N2O3S.C2H2O4/c1-30-23-7-8-24-22(18-23)19-27(15-16-31(24)29)25(28)11-14-26-12-9-21(10-13-26)17-20-5-3-2-4-6-20;3-1(4)2(5)6/h2-8,18,21H,9-17,19H2,1H3;(H,3,4)(H,5,6). The van der Waals surface area contributed by atoms with Gasteiger partial charge in [0.1, 0.15) is 5.75 Å². The molecule has 1 fully saturated rings. The average Bonchev–Trinajstić information content (AvgIpc) is 3.07. The third-order valence-corrected chi connectivity index (χ3v) is 8.11. The molecule has 0 bridgehead atoms. The van der Waals surface area contributed by atoms with Gasteiger partial charge in [0.2, 0.25) is 5.91 Å². The Hall–Kier alpha value is -3.24. The number of carboxylic acid groups (broad SMARTS) is 2. The van der Waals surface area contributed by atoms with Crippen LogP contribution in [0.3, 0.4) is 0 Å².